The van der Waals surface area contributed by atoms with Gasteiger partial charge >= 0.3 is 5.97 Å². The molecule has 3 nitrogen and oxygen atoms in total. The van der Waals surface area contributed by atoms with Crippen molar-refractivity contribution < 1.29 is 9.53 Å². The van der Waals surface area contributed by atoms with E-state index >= 15 is 0 Å². The lowest BCUT2D eigenvalue weighted by molar-refractivity contribution is -0.130. The van der Waals surface area contributed by atoms with Crippen molar-refractivity contribution in [2.45, 2.75) is 0 Å². The van der Waals surface area contributed by atoms with Gasteiger partial charge in [-0.25, -0.2) is 9.79 Å². The van der Waals surface area contributed by atoms with E-state index in [9.17, 15) is 4.79 Å². The Hall–Kier alpha value is -1.92. The van der Waals surface area contributed by atoms with Crippen molar-refractivity contribution >= 4 is 52.1 Å². The van der Waals surface area contributed by atoms with Crippen LogP contribution in [-0.4, -0.2) is 11.9 Å². The van der Waals surface area contributed by atoms with Crippen LogP contribution in [0.25, 0.3) is 6.08 Å². The first-order chi connectivity index (χ1) is 11.1. The number of esters is 1. The zero-order valence-electron chi connectivity index (χ0n) is 11.9. The first-order valence-electron chi connectivity index (χ1n) is 6.83. The van der Waals surface area contributed by atoms with Crippen molar-refractivity contribution in [3.8, 4) is 0 Å². The van der Waals surface area contributed by atoms with Crippen molar-refractivity contribution in [1.82, 2.24) is 0 Å². The second-order valence-electron chi connectivity index (χ2n) is 4.75. The van der Waals surface area contributed by atoms with E-state index in [1.165, 1.54) is 0 Å². The summed E-state index contributed by atoms with van der Waals surface area (Å²) in [6.07, 6.45) is 5.30. The number of aliphatic imine (C=N–C) groups is 1. The van der Waals surface area contributed by atoms with E-state index in [-0.39, 0.29) is 11.6 Å². The second-order valence-corrected chi connectivity index (χ2v) is 6.41. The van der Waals surface area contributed by atoms with E-state index in [0.717, 1.165) is 9.13 Å². The zero-order chi connectivity index (χ0) is 16.2. The van der Waals surface area contributed by atoms with E-state index in [1.807, 2.05) is 48.5 Å². The molecule has 0 saturated heterocycles. The number of carbonyl (C=O) groups is 1. The quantitative estimate of drug-likeness (QED) is 0.393. The Bertz CT molecular complexity index is 841. The smallest absolute Gasteiger partial charge is 0.363 e. The van der Waals surface area contributed by atoms with Crippen LogP contribution in [0.2, 0.25) is 5.02 Å². The van der Waals surface area contributed by atoms with Crippen molar-refractivity contribution in [2.24, 2.45) is 4.99 Å². The maximum atomic E-state index is 11.9. The summed E-state index contributed by atoms with van der Waals surface area (Å²) in [5.74, 6) is -0.245. The molecule has 0 unspecified atom stereocenters. The molecule has 2 aromatic carbocycles. The lowest BCUT2D eigenvalue weighted by Gasteiger charge is -2.02. The fourth-order valence-electron chi connectivity index (χ4n) is 2.01. The third kappa shape index (κ3) is 3.89. The van der Waals surface area contributed by atoms with Gasteiger partial charge in [-0.3, -0.25) is 0 Å². The first-order valence-corrected chi connectivity index (χ1v) is 8.29. The number of allylic oxidation sites excluding steroid dienone is 2. The second kappa shape index (κ2) is 7.10. The van der Waals surface area contributed by atoms with Crippen LogP contribution in [0.5, 0.6) is 0 Å². The Kier molecular flexibility index (Phi) is 4.93. The lowest BCUT2D eigenvalue weighted by atomic mass is 10.2. The lowest BCUT2D eigenvalue weighted by Crippen LogP contribution is -2.06. The molecule has 1 aliphatic rings. The summed E-state index contributed by atoms with van der Waals surface area (Å²) in [5, 5.41) is 0.498. The van der Waals surface area contributed by atoms with Crippen LogP contribution in [0.3, 0.4) is 0 Å². The zero-order valence-corrected chi connectivity index (χ0v) is 14.8. The number of hydrogen-bond acceptors (Lipinski definition) is 3. The molecule has 23 heavy (non-hydrogen) atoms. The van der Waals surface area contributed by atoms with Gasteiger partial charge in [-0.1, -0.05) is 54.1 Å². The molecule has 0 atom stereocenters. The van der Waals surface area contributed by atoms with Gasteiger partial charge in [0.1, 0.15) is 0 Å². The SMILES string of the molecule is O=C1OC(c2cc(I)ccc2Cl)=N/C1=C\C=C\c1ccccc1. The number of carbonyl (C=O) groups excluding carboxylic acids is 1. The van der Waals surface area contributed by atoms with Crippen molar-refractivity contribution in [3.05, 3.63) is 86.1 Å². The number of rotatable bonds is 3. The van der Waals surface area contributed by atoms with Gasteiger partial charge in [-0.15, -0.1) is 0 Å². The monoisotopic (exact) mass is 435 g/mol. The minimum Gasteiger partial charge on any atom is -0.402 e. The Morgan fingerprint density at radius 1 is 1.13 bits per heavy atom. The molecular weight excluding hydrogens is 425 g/mol. The van der Waals surface area contributed by atoms with Crippen molar-refractivity contribution in [3.63, 3.8) is 0 Å². The first kappa shape index (κ1) is 16.0. The number of nitrogens with zero attached hydrogens (tertiary/aromatic N) is 1. The summed E-state index contributed by atoms with van der Waals surface area (Å²) < 4.78 is 6.21. The molecule has 0 fully saturated rings. The highest BCUT2D eigenvalue weighted by molar-refractivity contribution is 14.1. The summed E-state index contributed by atoms with van der Waals surface area (Å²) >= 11 is 8.32. The van der Waals surface area contributed by atoms with Gasteiger partial charge in [0.05, 0.1) is 10.6 Å². The molecule has 0 aliphatic carbocycles. The van der Waals surface area contributed by atoms with Crippen LogP contribution < -0.4 is 0 Å². The number of hydrogen-bond donors (Lipinski definition) is 0. The number of cyclic esters (lactones) is 1. The van der Waals surface area contributed by atoms with E-state index in [1.54, 1.807) is 18.2 Å². The van der Waals surface area contributed by atoms with Crippen LogP contribution >= 0.6 is 34.2 Å². The topological polar surface area (TPSA) is 38.7 Å². The molecule has 0 amide bonds. The highest BCUT2D eigenvalue weighted by Gasteiger charge is 2.25. The maximum absolute atomic E-state index is 11.9. The van der Waals surface area contributed by atoms with Crippen LogP contribution in [0.15, 0.2) is 71.4 Å². The van der Waals surface area contributed by atoms with Gasteiger partial charge < -0.3 is 4.74 Å². The van der Waals surface area contributed by atoms with Gasteiger partial charge in [0.2, 0.25) is 5.90 Å². The highest BCUT2D eigenvalue weighted by atomic mass is 127. The van der Waals surface area contributed by atoms with Crippen LogP contribution in [0, 0.1) is 3.57 Å². The van der Waals surface area contributed by atoms with Gasteiger partial charge in [-0.05, 0) is 52.4 Å². The predicted molar refractivity (Wildman–Crippen MR) is 100 cm³/mol. The van der Waals surface area contributed by atoms with E-state index in [4.69, 9.17) is 16.3 Å². The number of ether oxygens (including phenoxy) is 1. The highest BCUT2D eigenvalue weighted by Crippen LogP contribution is 2.24. The Balaban J connectivity index is 1.85. The van der Waals surface area contributed by atoms with E-state index < -0.39 is 5.97 Å². The van der Waals surface area contributed by atoms with Crippen LogP contribution in [0.4, 0.5) is 0 Å². The van der Waals surface area contributed by atoms with Gasteiger partial charge in [-0.2, -0.15) is 0 Å². The molecule has 0 N–H and O–H groups in total. The summed E-state index contributed by atoms with van der Waals surface area (Å²) in [7, 11) is 0. The van der Waals surface area contributed by atoms with Gasteiger partial charge in [0, 0.05) is 3.57 Å². The van der Waals surface area contributed by atoms with Crippen molar-refractivity contribution in [1.29, 1.82) is 0 Å². The molecule has 0 radical (unpaired) electrons. The molecule has 0 spiro atoms. The van der Waals surface area contributed by atoms with Gasteiger partial charge in [0.15, 0.2) is 5.70 Å². The van der Waals surface area contributed by atoms with E-state index in [0.29, 0.717) is 10.6 Å². The van der Waals surface area contributed by atoms with Crippen LogP contribution in [-0.2, 0) is 9.53 Å². The molecule has 5 heteroatoms. The molecule has 3 rings (SSSR count). The average Bonchev–Trinajstić information content (AvgIpc) is 2.92. The largest absolute Gasteiger partial charge is 0.402 e. The molecule has 2 aromatic rings. The summed E-state index contributed by atoms with van der Waals surface area (Å²) in [4.78, 5) is 16.2. The third-order valence-electron chi connectivity index (χ3n) is 3.12. The molecular formula is C18H11ClINO2. The molecule has 1 heterocycles. The third-order valence-corrected chi connectivity index (χ3v) is 4.12. The van der Waals surface area contributed by atoms with E-state index in [2.05, 4.69) is 27.6 Å². The number of benzene rings is 2. The fraction of sp³-hybridized carbons (Fsp3) is 0. The summed E-state index contributed by atoms with van der Waals surface area (Å²) in [5.41, 5.74) is 1.91. The molecule has 0 aromatic heterocycles. The van der Waals surface area contributed by atoms with Gasteiger partial charge in [0.25, 0.3) is 0 Å². The maximum Gasteiger partial charge on any atom is 0.363 e. The number of halogens is 2. The minimum atomic E-state index is -0.479. The summed E-state index contributed by atoms with van der Waals surface area (Å²) in [6, 6.07) is 15.3. The predicted octanol–water partition coefficient (Wildman–Crippen LogP) is 4.85. The Morgan fingerprint density at radius 2 is 1.91 bits per heavy atom. The summed E-state index contributed by atoms with van der Waals surface area (Å²) in [6.45, 7) is 0. The molecule has 114 valence electrons. The Morgan fingerprint density at radius 3 is 2.70 bits per heavy atom. The Labute approximate surface area is 152 Å². The standard InChI is InChI=1S/C18H11ClINO2/c19-15-10-9-13(20)11-14(15)17-21-16(18(22)23-17)8-4-7-12-5-2-1-3-6-12/h1-11H/b7-4+,16-8-. The fourth-order valence-corrected chi connectivity index (χ4v) is 2.70. The van der Waals surface area contributed by atoms with Crippen molar-refractivity contribution in [2.75, 3.05) is 0 Å². The molecule has 0 bridgehead atoms. The average molecular weight is 436 g/mol. The molecule has 1 aliphatic heterocycles. The van der Waals surface area contributed by atoms with Crippen LogP contribution in [0.1, 0.15) is 11.1 Å². The molecule has 0 saturated carbocycles. The minimum absolute atomic E-state index is 0.234. The normalized spacial score (nSPS) is 16.0.